The number of aldehydes is 1. The van der Waals surface area contributed by atoms with Crippen LogP contribution < -0.4 is 0 Å². The summed E-state index contributed by atoms with van der Waals surface area (Å²) in [4.78, 5) is 10.8. The summed E-state index contributed by atoms with van der Waals surface area (Å²) in [7, 11) is 0. The highest BCUT2D eigenvalue weighted by Gasteiger charge is 2.39. The normalized spacial score (nSPS) is 18.6. The summed E-state index contributed by atoms with van der Waals surface area (Å²) in [5.74, 6) is 0. The van der Waals surface area contributed by atoms with Crippen molar-refractivity contribution in [3.63, 3.8) is 0 Å². The quantitative estimate of drug-likeness (QED) is 0.673. The van der Waals surface area contributed by atoms with E-state index in [1.165, 1.54) is 0 Å². The Hall–Kier alpha value is -1.18. The zero-order chi connectivity index (χ0) is 10.0. The van der Waals surface area contributed by atoms with Gasteiger partial charge in [-0.1, -0.05) is 30.7 Å². The van der Waals surface area contributed by atoms with E-state index in [0.29, 0.717) is 5.56 Å². The van der Waals surface area contributed by atoms with Crippen molar-refractivity contribution in [3.8, 4) is 0 Å². The molecule has 0 aliphatic heterocycles. The van der Waals surface area contributed by atoms with Gasteiger partial charge < -0.3 is 0 Å². The molecule has 2 heteroatoms. The SMILES string of the molecule is O=Cc1ccccc1C1(CF)CCC1. The van der Waals surface area contributed by atoms with E-state index in [9.17, 15) is 9.18 Å². The molecule has 14 heavy (non-hydrogen) atoms. The van der Waals surface area contributed by atoms with Crippen molar-refractivity contribution in [2.45, 2.75) is 24.7 Å². The lowest BCUT2D eigenvalue weighted by atomic mass is 9.64. The van der Waals surface area contributed by atoms with Crippen LogP contribution in [0.15, 0.2) is 24.3 Å². The first kappa shape index (κ1) is 9.38. The highest BCUT2D eigenvalue weighted by molar-refractivity contribution is 5.78. The molecule has 0 atom stereocenters. The largest absolute Gasteiger partial charge is 0.298 e. The third kappa shape index (κ3) is 1.26. The third-order valence-electron chi connectivity index (χ3n) is 3.23. The summed E-state index contributed by atoms with van der Waals surface area (Å²) < 4.78 is 13.0. The molecule has 0 N–H and O–H groups in total. The second kappa shape index (κ2) is 3.52. The molecular weight excluding hydrogens is 179 g/mol. The highest BCUT2D eigenvalue weighted by atomic mass is 19.1. The number of alkyl halides is 1. The smallest absolute Gasteiger partial charge is 0.150 e. The molecule has 1 aliphatic carbocycles. The van der Waals surface area contributed by atoms with E-state index in [1.807, 2.05) is 18.2 Å². The number of benzene rings is 1. The second-order valence-electron chi connectivity index (χ2n) is 3.97. The maximum absolute atomic E-state index is 13.0. The standard InChI is InChI=1S/C12H13FO/c13-9-12(6-3-7-12)11-5-2-1-4-10(11)8-14/h1-2,4-5,8H,3,6-7,9H2. The third-order valence-corrected chi connectivity index (χ3v) is 3.23. The molecule has 0 amide bonds. The predicted molar refractivity (Wildman–Crippen MR) is 53.3 cm³/mol. The first-order chi connectivity index (χ1) is 6.82. The lowest BCUT2D eigenvalue weighted by molar-refractivity contribution is 0.111. The van der Waals surface area contributed by atoms with Crippen molar-refractivity contribution in [1.29, 1.82) is 0 Å². The Morgan fingerprint density at radius 1 is 1.36 bits per heavy atom. The van der Waals surface area contributed by atoms with E-state index in [-0.39, 0.29) is 12.1 Å². The minimum Gasteiger partial charge on any atom is -0.298 e. The van der Waals surface area contributed by atoms with E-state index in [1.54, 1.807) is 6.07 Å². The fourth-order valence-corrected chi connectivity index (χ4v) is 2.16. The van der Waals surface area contributed by atoms with Crippen LogP contribution in [0.4, 0.5) is 4.39 Å². The van der Waals surface area contributed by atoms with Gasteiger partial charge in [-0.2, -0.15) is 0 Å². The molecule has 1 saturated carbocycles. The van der Waals surface area contributed by atoms with E-state index in [4.69, 9.17) is 0 Å². The van der Waals surface area contributed by atoms with Crippen molar-refractivity contribution in [2.24, 2.45) is 0 Å². The van der Waals surface area contributed by atoms with Gasteiger partial charge in [0, 0.05) is 11.0 Å². The van der Waals surface area contributed by atoms with Crippen LogP contribution in [0.25, 0.3) is 0 Å². The first-order valence-corrected chi connectivity index (χ1v) is 4.93. The van der Waals surface area contributed by atoms with E-state index in [0.717, 1.165) is 31.1 Å². The summed E-state index contributed by atoms with van der Waals surface area (Å²) in [6.07, 6.45) is 3.63. The second-order valence-corrected chi connectivity index (χ2v) is 3.97. The summed E-state index contributed by atoms with van der Waals surface area (Å²) in [6.45, 7) is -0.349. The van der Waals surface area contributed by atoms with Gasteiger partial charge in [0.05, 0.1) is 6.67 Å². The number of hydrogen-bond donors (Lipinski definition) is 0. The van der Waals surface area contributed by atoms with Crippen LogP contribution in [0, 0.1) is 0 Å². The maximum Gasteiger partial charge on any atom is 0.150 e. The molecule has 0 aromatic heterocycles. The molecule has 0 bridgehead atoms. The average molecular weight is 192 g/mol. The Labute approximate surface area is 82.9 Å². The van der Waals surface area contributed by atoms with Gasteiger partial charge in [0.25, 0.3) is 0 Å². The molecule has 2 rings (SSSR count). The number of halogens is 1. The molecule has 0 heterocycles. The number of carbonyl (C=O) groups excluding carboxylic acids is 1. The van der Waals surface area contributed by atoms with Crippen LogP contribution >= 0.6 is 0 Å². The first-order valence-electron chi connectivity index (χ1n) is 4.93. The Bertz CT molecular complexity index is 336. The molecule has 1 nitrogen and oxygen atoms in total. The molecule has 1 fully saturated rings. The van der Waals surface area contributed by atoms with Crippen LogP contribution in [0.2, 0.25) is 0 Å². The van der Waals surface area contributed by atoms with Gasteiger partial charge in [-0.3, -0.25) is 9.18 Å². The van der Waals surface area contributed by atoms with Crippen LogP contribution in [0.3, 0.4) is 0 Å². The van der Waals surface area contributed by atoms with Gasteiger partial charge in [0.15, 0.2) is 0 Å². The van der Waals surface area contributed by atoms with Gasteiger partial charge in [-0.05, 0) is 18.4 Å². The van der Waals surface area contributed by atoms with Crippen LogP contribution in [-0.4, -0.2) is 13.0 Å². The molecule has 0 spiro atoms. The van der Waals surface area contributed by atoms with Crippen molar-refractivity contribution in [2.75, 3.05) is 6.67 Å². The summed E-state index contributed by atoms with van der Waals surface area (Å²) >= 11 is 0. The topological polar surface area (TPSA) is 17.1 Å². The minimum absolute atomic E-state index is 0.349. The van der Waals surface area contributed by atoms with Gasteiger partial charge in [0.2, 0.25) is 0 Å². The van der Waals surface area contributed by atoms with Crippen molar-refractivity contribution < 1.29 is 9.18 Å². The van der Waals surface area contributed by atoms with Gasteiger partial charge >= 0.3 is 0 Å². The number of carbonyl (C=O) groups is 1. The Morgan fingerprint density at radius 3 is 2.57 bits per heavy atom. The molecule has 0 unspecified atom stereocenters. The lowest BCUT2D eigenvalue weighted by Crippen LogP contribution is -2.37. The van der Waals surface area contributed by atoms with Crippen LogP contribution in [0.5, 0.6) is 0 Å². The zero-order valence-electron chi connectivity index (χ0n) is 8.00. The Morgan fingerprint density at radius 2 is 2.07 bits per heavy atom. The zero-order valence-corrected chi connectivity index (χ0v) is 8.00. The fourth-order valence-electron chi connectivity index (χ4n) is 2.16. The Kier molecular flexibility index (Phi) is 2.36. The molecule has 74 valence electrons. The molecule has 0 radical (unpaired) electrons. The molecule has 1 aliphatic rings. The van der Waals surface area contributed by atoms with Crippen molar-refractivity contribution in [3.05, 3.63) is 35.4 Å². The minimum atomic E-state index is -0.350. The maximum atomic E-state index is 13.0. The van der Waals surface area contributed by atoms with E-state index < -0.39 is 0 Å². The van der Waals surface area contributed by atoms with Gasteiger partial charge in [0.1, 0.15) is 6.29 Å². The summed E-state index contributed by atoms with van der Waals surface area (Å²) in [5.41, 5.74) is 1.19. The molecular formula is C12H13FO. The van der Waals surface area contributed by atoms with E-state index in [2.05, 4.69) is 0 Å². The van der Waals surface area contributed by atoms with Gasteiger partial charge in [-0.25, -0.2) is 0 Å². The van der Waals surface area contributed by atoms with Crippen LogP contribution in [0.1, 0.15) is 35.2 Å². The summed E-state index contributed by atoms with van der Waals surface area (Å²) in [5, 5.41) is 0. The molecule has 0 saturated heterocycles. The highest BCUT2D eigenvalue weighted by Crippen LogP contribution is 2.44. The Balaban J connectivity index is 2.43. The average Bonchev–Trinajstić information content (AvgIpc) is 2.18. The van der Waals surface area contributed by atoms with Crippen LogP contribution in [-0.2, 0) is 5.41 Å². The lowest BCUT2D eigenvalue weighted by Gasteiger charge is -2.40. The van der Waals surface area contributed by atoms with Gasteiger partial charge in [-0.15, -0.1) is 0 Å². The monoisotopic (exact) mass is 192 g/mol. The summed E-state index contributed by atoms with van der Waals surface area (Å²) in [6, 6.07) is 7.33. The van der Waals surface area contributed by atoms with Crippen molar-refractivity contribution in [1.82, 2.24) is 0 Å². The molecule has 1 aromatic rings. The number of hydrogen-bond acceptors (Lipinski definition) is 1. The fraction of sp³-hybridized carbons (Fsp3) is 0.417. The molecule has 1 aromatic carbocycles. The number of rotatable bonds is 3. The predicted octanol–water partition coefficient (Wildman–Crippen LogP) is 2.89. The van der Waals surface area contributed by atoms with Crippen molar-refractivity contribution >= 4 is 6.29 Å². The van der Waals surface area contributed by atoms with E-state index >= 15 is 0 Å².